The molecule has 0 radical (unpaired) electrons. The topological polar surface area (TPSA) is 180 Å². The molecule has 1 amide bonds. The van der Waals surface area contributed by atoms with Gasteiger partial charge in [0, 0.05) is 44.5 Å². The number of methoxy groups -OCH3 is 1. The maximum absolute atomic E-state index is 13.5. The number of fused-ring (bicyclic) bond motifs is 1. The predicted octanol–water partition coefficient (Wildman–Crippen LogP) is 1.15. The smallest absolute Gasteiger partial charge is 0.254 e. The molecule has 0 saturated heterocycles. The average molecular weight is 565 g/mol. The van der Waals surface area contributed by atoms with Crippen molar-refractivity contribution < 1.29 is 41.6 Å². The van der Waals surface area contributed by atoms with E-state index in [0.29, 0.717) is 35.5 Å². The standard InChI is InChI=1S/C20H28N4O9S3/c1-3-23(19(25)15-7-5-14(6-8-15)13-33-24(26)27)17-12-22(9-4-10-32-2)36(30,31)20-16(17)11-18(34-20)35(21,28)29/h5-8,11,17,26-27H,3-4,9-10,12-13H2,1-2H3,(H2,21,28,29)/t17-/m0/s1. The van der Waals surface area contributed by atoms with Crippen LogP contribution in [0.15, 0.2) is 38.8 Å². The van der Waals surface area contributed by atoms with Gasteiger partial charge in [-0.15, -0.1) is 11.3 Å². The minimum atomic E-state index is -4.17. The van der Waals surface area contributed by atoms with Crippen molar-refractivity contribution >= 4 is 37.3 Å². The Morgan fingerprint density at radius 2 is 1.94 bits per heavy atom. The van der Waals surface area contributed by atoms with Crippen molar-refractivity contribution in [3.63, 3.8) is 0 Å². The van der Waals surface area contributed by atoms with Gasteiger partial charge in [0.15, 0.2) is 0 Å². The van der Waals surface area contributed by atoms with Crippen LogP contribution in [0, 0.1) is 0 Å². The van der Waals surface area contributed by atoms with Gasteiger partial charge in [0.1, 0.15) is 8.42 Å². The summed E-state index contributed by atoms with van der Waals surface area (Å²) in [7, 11) is -6.67. The highest BCUT2D eigenvalue weighted by Crippen LogP contribution is 2.42. The van der Waals surface area contributed by atoms with Crippen LogP contribution >= 0.6 is 11.3 Å². The maximum atomic E-state index is 13.5. The third kappa shape index (κ3) is 6.28. The van der Waals surface area contributed by atoms with E-state index in [1.54, 1.807) is 19.1 Å². The molecule has 1 atom stereocenters. The molecule has 3 rings (SSSR count). The Morgan fingerprint density at radius 1 is 1.28 bits per heavy atom. The number of carbonyl (C=O) groups excluding carboxylic acids is 1. The number of carbonyl (C=O) groups is 1. The highest BCUT2D eigenvalue weighted by Gasteiger charge is 2.43. The zero-order chi connectivity index (χ0) is 26.7. The number of amides is 1. The molecular weight excluding hydrogens is 536 g/mol. The summed E-state index contributed by atoms with van der Waals surface area (Å²) in [6.07, 6.45) is 0.411. The highest BCUT2D eigenvalue weighted by atomic mass is 32.3. The molecule has 0 aliphatic carbocycles. The molecule has 0 saturated carbocycles. The number of rotatable bonds is 11. The number of nitrogens with two attached hydrogens (primary N) is 1. The van der Waals surface area contributed by atoms with Gasteiger partial charge in [-0.1, -0.05) is 12.1 Å². The van der Waals surface area contributed by atoms with Gasteiger partial charge in [0.05, 0.1) is 18.0 Å². The molecule has 1 aliphatic heterocycles. The van der Waals surface area contributed by atoms with E-state index < -0.39 is 37.4 Å². The SMILES string of the molecule is CCN(C(=O)c1ccc(CON(O)O)cc1)[C@H]1CN(CCCOC)S(=O)(=O)c2sc(S(N)(=O)=O)cc21. The van der Waals surface area contributed by atoms with E-state index in [0.717, 1.165) is 0 Å². The van der Waals surface area contributed by atoms with Crippen LogP contribution in [0.25, 0.3) is 0 Å². The van der Waals surface area contributed by atoms with E-state index in [9.17, 15) is 21.6 Å². The minimum absolute atomic E-state index is 0.0613. The van der Waals surface area contributed by atoms with E-state index in [1.807, 2.05) is 0 Å². The van der Waals surface area contributed by atoms with Gasteiger partial charge >= 0.3 is 0 Å². The van der Waals surface area contributed by atoms with Gasteiger partial charge < -0.3 is 9.64 Å². The van der Waals surface area contributed by atoms with Gasteiger partial charge in [-0.3, -0.25) is 15.2 Å². The van der Waals surface area contributed by atoms with Crippen molar-refractivity contribution in [1.82, 2.24) is 14.6 Å². The van der Waals surface area contributed by atoms with Gasteiger partial charge in [0.25, 0.3) is 15.9 Å². The maximum Gasteiger partial charge on any atom is 0.254 e. The second-order valence-electron chi connectivity index (χ2n) is 7.89. The number of benzene rings is 1. The first-order valence-corrected chi connectivity index (χ1v) is 14.6. The van der Waals surface area contributed by atoms with Crippen LogP contribution < -0.4 is 5.14 Å². The zero-order valence-corrected chi connectivity index (χ0v) is 22.1. The summed E-state index contributed by atoms with van der Waals surface area (Å²) in [5, 5.41) is 22.2. The Kier molecular flexibility index (Phi) is 9.20. The lowest BCUT2D eigenvalue weighted by molar-refractivity contribution is -0.497. The van der Waals surface area contributed by atoms with Crippen molar-refractivity contribution in [3.8, 4) is 0 Å². The molecule has 13 nitrogen and oxygen atoms in total. The molecule has 16 heteroatoms. The van der Waals surface area contributed by atoms with Crippen LogP contribution in [0.1, 0.15) is 40.9 Å². The molecule has 1 aliphatic rings. The van der Waals surface area contributed by atoms with Crippen LogP contribution in [-0.2, 0) is 36.2 Å². The summed E-state index contributed by atoms with van der Waals surface area (Å²) in [4.78, 5) is 19.5. The Morgan fingerprint density at radius 3 is 2.50 bits per heavy atom. The lowest BCUT2D eigenvalue weighted by atomic mass is 10.1. The normalized spacial score (nSPS) is 17.8. The Labute approximate surface area is 213 Å². The number of hydrogen-bond acceptors (Lipinski definition) is 11. The van der Waals surface area contributed by atoms with Crippen molar-refractivity contribution in [2.75, 3.05) is 33.4 Å². The minimum Gasteiger partial charge on any atom is -0.385 e. The lowest BCUT2D eigenvalue weighted by Gasteiger charge is -2.38. The highest BCUT2D eigenvalue weighted by molar-refractivity contribution is 7.94. The van der Waals surface area contributed by atoms with Crippen LogP contribution in [0.5, 0.6) is 0 Å². The number of primary sulfonamides is 1. The predicted molar refractivity (Wildman–Crippen MR) is 127 cm³/mol. The van der Waals surface area contributed by atoms with Gasteiger partial charge in [-0.05, 0) is 37.1 Å². The van der Waals surface area contributed by atoms with Crippen molar-refractivity contribution in [2.45, 2.75) is 34.4 Å². The summed E-state index contributed by atoms with van der Waals surface area (Å²) in [5.74, 6) is -0.397. The molecule has 1 aromatic heterocycles. The van der Waals surface area contributed by atoms with Crippen LogP contribution in [-0.4, -0.2) is 81.1 Å². The molecule has 200 valence electrons. The van der Waals surface area contributed by atoms with Crippen LogP contribution in [0.2, 0.25) is 0 Å². The molecule has 2 aromatic rings. The van der Waals surface area contributed by atoms with Gasteiger partial charge in [0.2, 0.25) is 10.0 Å². The molecule has 0 spiro atoms. The molecular formula is C20H28N4O9S3. The molecule has 0 unspecified atom stereocenters. The number of likely N-dealkylation sites (N-methyl/N-ethyl adjacent to an activating group) is 1. The molecule has 2 heterocycles. The number of sulfonamides is 2. The number of hydrogen-bond donors (Lipinski definition) is 3. The quantitative estimate of drug-likeness (QED) is 0.265. The third-order valence-electron chi connectivity index (χ3n) is 5.57. The summed E-state index contributed by atoms with van der Waals surface area (Å²) in [5.41, 5.74) is 1.07. The summed E-state index contributed by atoms with van der Waals surface area (Å²) in [6, 6.07) is 6.68. The first kappa shape index (κ1) is 28.6. The summed E-state index contributed by atoms with van der Waals surface area (Å²) in [6.45, 7) is 2.19. The van der Waals surface area contributed by atoms with Crippen LogP contribution in [0.3, 0.4) is 0 Å². The second kappa shape index (κ2) is 11.6. The average Bonchev–Trinajstić information content (AvgIpc) is 3.29. The van der Waals surface area contributed by atoms with E-state index in [4.69, 9.17) is 20.3 Å². The largest absolute Gasteiger partial charge is 0.385 e. The van der Waals surface area contributed by atoms with Crippen molar-refractivity contribution in [3.05, 3.63) is 47.0 Å². The van der Waals surface area contributed by atoms with E-state index >= 15 is 0 Å². The number of ether oxygens (including phenoxy) is 1. The van der Waals surface area contributed by atoms with Gasteiger partial charge in [-0.2, -0.15) is 4.31 Å². The summed E-state index contributed by atoms with van der Waals surface area (Å²) < 4.78 is 56.4. The Bertz CT molecular complexity index is 1280. The number of thiophene rings is 1. The molecule has 36 heavy (non-hydrogen) atoms. The van der Waals surface area contributed by atoms with Crippen molar-refractivity contribution in [1.29, 1.82) is 0 Å². The number of nitrogens with zero attached hydrogens (tertiary/aromatic N) is 3. The zero-order valence-electron chi connectivity index (χ0n) is 19.6. The summed E-state index contributed by atoms with van der Waals surface area (Å²) >= 11 is 0.571. The van der Waals surface area contributed by atoms with E-state index in [2.05, 4.69) is 4.84 Å². The first-order chi connectivity index (χ1) is 16.9. The Hall–Kier alpha value is -1.99. The first-order valence-electron chi connectivity index (χ1n) is 10.8. The fourth-order valence-electron chi connectivity index (χ4n) is 3.86. The fourth-order valence-corrected chi connectivity index (χ4v) is 8.14. The molecule has 1 aromatic carbocycles. The Balaban J connectivity index is 1.99. The van der Waals surface area contributed by atoms with E-state index in [1.165, 1.54) is 34.5 Å². The molecule has 0 fully saturated rings. The fraction of sp³-hybridized carbons (Fsp3) is 0.450. The van der Waals surface area contributed by atoms with Crippen LogP contribution in [0.4, 0.5) is 0 Å². The third-order valence-corrected chi connectivity index (χ3v) is 10.5. The lowest BCUT2D eigenvalue weighted by Crippen LogP contribution is -2.47. The van der Waals surface area contributed by atoms with E-state index in [-0.39, 0.29) is 40.2 Å². The second-order valence-corrected chi connectivity index (χ2v) is 12.9. The van der Waals surface area contributed by atoms with Crippen molar-refractivity contribution in [2.24, 2.45) is 5.14 Å². The van der Waals surface area contributed by atoms with Gasteiger partial charge in [-0.25, -0.2) is 26.8 Å². The molecule has 0 bridgehead atoms. The molecule has 4 N–H and O–H groups in total. The monoisotopic (exact) mass is 564 g/mol.